The summed E-state index contributed by atoms with van der Waals surface area (Å²) >= 11 is 5.54. The minimum absolute atomic E-state index is 0.442. The molecule has 4 nitrogen and oxygen atoms in total. The Hall–Kier alpha value is -2.41. The Morgan fingerprint density at radius 3 is 2.46 bits per heavy atom. The fourth-order valence-corrected chi connectivity index (χ4v) is 2.51. The van der Waals surface area contributed by atoms with Crippen molar-refractivity contribution in [1.29, 1.82) is 0 Å². The number of carbonyl (C=O) groups is 1. The molecule has 8 heteroatoms. The molecule has 0 aliphatic rings. The Balaban J connectivity index is 2.09. The van der Waals surface area contributed by atoms with Crippen LogP contribution in [0.3, 0.4) is 0 Å². The standard InChI is InChI=1S/C16H11ClF3N3O/c1-9(14(17)24)13-6-7-21-15-12(8-22-23(13)15)10-2-4-11(5-3-10)16(18,19)20/h2-9H,1H3. The van der Waals surface area contributed by atoms with Crippen molar-refractivity contribution in [2.45, 2.75) is 19.0 Å². The van der Waals surface area contributed by atoms with E-state index in [1.807, 2.05) is 0 Å². The van der Waals surface area contributed by atoms with Gasteiger partial charge < -0.3 is 0 Å². The zero-order valence-corrected chi connectivity index (χ0v) is 13.1. The minimum Gasteiger partial charge on any atom is -0.281 e. The van der Waals surface area contributed by atoms with Crippen LogP contribution in [0.1, 0.15) is 24.1 Å². The van der Waals surface area contributed by atoms with Crippen LogP contribution in [-0.4, -0.2) is 19.8 Å². The summed E-state index contributed by atoms with van der Waals surface area (Å²) in [5, 5.41) is 3.66. The number of hydrogen-bond donors (Lipinski definition) is 0. The summed E-state index contributed by atoms with van der Waals surface area (Å²) in [4.78, 5) is 15.6. The highest BCUT2D eigenvalue weighted by atomic mass is 35.5. The van der Waals surface area contributed by atoms with Crippen LogP contribution < -0.4 is 0 Å². The van der Waals surface area contributed by atoms with Crippen LogP contribution >= 0.6 is 11.6 Å². The number of fused-ring (bicyclic) bond motifs is 1. The number of halogens is 4. The molecule has 0 aliphatic heterocycles. The Labute approximate surface area is 139 Å². The van der Waals surface area contributed by atoms with Crippen LogP contribution in [0.2, 0.25) is 0 Å². The highest BCUT2D eigenvalue weighted by Gasteiger charge is 2.30. The zero-order chi connectivity index (χ0) is 17.5. The number of carbonyl (C=O) groups excluding carboxylic acids is 1. The van der Waals surface area contributed by atoms with Crippen LogP contribution in [0.25, 0.3) is 16.8 Å². The van der Waals surface area contributed by atoms with E-state index in [1.165, 1.54) is 29.0 Å². The van der Waals surface area contributed by atoms with Crippen molar-refractivity contribution in [2.24, 2.45) is 0 Å². The molecule has 24 heavy (non-hydrogen) atoms. The highest BCUT2D eigenvalue weighted by molar-refractivity contribution is 6.64. The lowest BCUT2D eigenvalue weighted by molar-refractivity contribution is -0.137. The second kappa shape index (κ2) is 5.90. The van der Waals surface area contributed by atoms with Gasteiger partial charge in [-0.1, -0.05) is 12.1 Å². The maximum absolute atomic E-state index is 12.7. The minimum atomic E-state index is -4.39. The lowest BCUT2D eigenvalue weighted by atomic mass is 10.1. The van der Waals surface area contributed by atoms with Gasteiger partial charge in [0.25, 0.3) is 0 Å². The fraction of sp³-hybridized carbons (Fsp3) is 0.188. The third-order valence-electron chi connectivity index (χ3n) is 3.74. The van der Waals surface area contributed by atoms with Crippen LogP contribution in [0.5, 0.6) is 0 Å². The number of rotatable bonds is 3. The average molecular weight is 354 g/mol. The molecule has 124 valence electrons. The summed E-state index contributed by atoms with van der Waals surface area (Å²) in [5.41, 5.74) is 1.39. The Morgan fingerprint density at radius 1 is 1.21 bits per heavy atom. The Kier molecular flexibility index (Phi) is 4.04. The summed E-state index contributed by atoms with van der Waals surface area (Å²) in [7, 11) is 0. The van der Waals surface area contributed by atoms with Gasteiger partial charge in [0.05, 0.1) is 23.4 Å². The number of hydrogen-bond acceptors (Lipinski definition) is 3. The molecule has 1 atom stereocenters. The summed E-state index contributed by atoms with van der Waals surface area (Å²) in [6.07, 6.45) is -1.38. The second-order valence-corrected chi connectivity index (χ2v) is 5.64. The predicted octanol–water partition coefficient (Wildman–Crippen LogP) is 4.28. The smallest absolute Gasteiger partial charge is 0.281 e. The van der Waals surface area contributed by atoms with Crippen molar-refractivity contribution in [3.63, 3.8) is 0 Å². The lowest BCUT2D eigenvalue weighted by Gasteiger charge is -2.09. The van der Waals surface area contributed by atoms with E-state index in [0.717, 1.165) is 12.1 Å². The molecule has 1 unspecified atom stereocenters. The van der Waals surface area contributed by atoms with E-state index in [4.69, 9.17) is 11.6 Å². The summed E-state index contributed by atoms with van der Waals surface area (Å²) in [5.74, 6) is -0.586. The Morgan fingerprint density at radius 2 is 1.88 bits per heavy atom. The molecular weight excluding hydrogens is 343 g/mol. The molecule has 0 amide bonds. The molecule has 0 fully saturated rings. The van der Waals surface area contributed by atoms with Gasteiger partial charge >= 0.3 is 6.18 Å². The van der Waals surface area contributed by atoms with Crippen LogP contribution in [-0.2, 0) is 11.0 Å². The van der Waals surface area contributed by atoms with E-state index in [-0.39, 0.29) is 0 Å². The first-order valence-electron chi connectivity index (χ1n) is 6.98. The largest absolute Gasteiger partial charge is 0.416 e. The first-order valence-corrected chi connectivity index (χ1v) is 7.36. The van der Waals surface area contributed by atoms with Crippen LogP contribution in [0.15, 0.2) is 42.7 Å². The van der Waals surface area contributed by atoms with E-state index < -0.39 is 22.9 Å². The van der Waals surface area contributed by atoms with E-state index >= 15 is 0 Å². The maximum Gasteiger partial charge on any atom is 0.416 e. The van der Waals surface area contributed by atoms with Crippen LogP contribution in [0, 0.1) is 0 Å². The quantitative estimate of drug-likeness (QED) is 0.660. The van der Waals surface area contributed by atoms with Crippen molar-refractivity contribution in [2.75, 3.05) is 0 Å². The van der Waals surface area contributed by atoms with E-state index in [0.29, 0.717) is 22.5 Å². The molecule has 0 radical (unpaired) electrons. The van der Waals surface area contributed by atoms with Gasteiger partial charge in [0.15, 0.2) is 5.65 Å². The monoisotopic (exact) mass is 353 g/mol. The molecule has 2 aromatic heterocycles. The molecule has 0 saturated carbocycles. The normalized spacial score (nSPS) is 13.2. The number of benzene rings is 1. The number of nitrogens with zero attached hydrogens (tertiary/aromatic N) is 3. The molecule has 0 N–H and O–H groups in total. The molecule has 0 aliphatic carbocycles. The summed E-state index contributed by atoms with van der Waals surface area (Å²) < 4.78 is 39.4. The zero-order valence-electron chi connectivity index (χ0n) is 12.4. The van der Waals surface area contributed by atoms with Crippen molar-refractivity contribution in [3.8, 4) is 11.1 Å². The number of aromatic nitrogens is 3. The average Bonchev–Trinajstić information content (AvgIpc) is 2.97. The van der Waals surface area contributed by atoms with Crippen molar-refractivity contribution in [3.05, 3.63) is 54.0 Å². The molecular formula is C16H11ClF3N3O. The summed E-state index contributed by atoms with van der Waals surface area (Å²) in [6, 6.07) is 6.37. The fourth-order valence-electron chi connectivity index (χ4n) is 2.40. The van der Waals surface area contributed by atoms with Gasteiger partial charge in [-0.2, -0.15) is 18.3 Å². The molecule has 1 aromatic carbocycles. The Bertz CT molecular complexity index is 903. The SMILES string of the molecule is CC(C(=O)Cl)c1ccnc2c(-c3ccc(C(F)(F)F)cc3)cnn12. The van der Waals surface area contributed by atoms with Gasteiger partial charge in [-0.25, -0.2) is 9.50 Å². The highest BCUT2D eigenvalue weighted by Crippen LogP contribution is 2.32. The van der Waals surface area contributed by atoms with Gasteiger partial charge in [0.2, 0.25) is 5.24 Å². The van der Waals surface area contributed by atoms with Gasteiger partial charge in [0, 0.05) is 11.8 Å². The number of alkyl halides is 3. The molecule has 2 heterocycles. The first-order chi connectivity index (χ1) is 11.3. The van der Waals surface area contributed by atoms with Crippen molar-refractivity contribution >= 4 is 22.5 Å². The molecule has 0 spiro atoms. The van der Waals surface area contributed by atoms with Gasteiger partial charge in [-0.15, -0.1) is 0 Å². The topological polar surface area (TPSA) is 47.3 Å². The van der Waals surface area contributed by atoms with Crippen molar-refractivity contribution < 1.29 is 18.0 Å². The summed E-state index contributed by atoms with van der Waals surface area (Å²) in [6.45, 7) is 1.64. The first kappa shape index (κ1) is 16.4. The van der Waals surface area contributed by atoms with Crippen LogP contribution in [0.4, 0.5) is 13.2 Å². The maximum atomic E-state index is 12.7. The van der Waals surface area contributed by atoms with E-state index in [9.17, 15) is 18.0 Å². The molecule has 0 saturated heterocycles. The lowest BCUT2D eigenvalue weighted by Crippen LogP contribution is -2.09. The molecule has 3 rings (SSSR count). The van der Waals surface area contributed by atoms with Gasteiger partial charge in [-0.05, 0) is 42.3 Å². The van der Waals surface area contributed by atoms with E-state index in [1.54, 1.807) is 13.0 Å². The molecule has 3 aromatic rings. The predicted molar refractivity (Wildman–Crippen MR) is 82.7 cm³/mol. The van der Waals surface area contributed by atoms with Crippen molar-refractivity contribution in [1.82, 2.24) is 14.6 Å². The third-order valence-corrected chi connectivity index (χ3v) is 4.07. The van der Waals surface area contributed by atoms with E-state index in [2.05, 4.69) is 10.1 Å². The van der Waals surface area contributed by atoms with Gasteiger partial charge in [0.1, 0.15) is 0 Å². The molecule has 0 bridgehead atoms. The second-order valence-electron chi connectivity index (χ2n) is 5.26. The van der Waals surface area contributed by atoms with Gasteiger partial charge in [-0.3, -0.25) is 4.79 Å². The third kappa shape index (κ3) is 2.87.